The van der Waals surface area contributed by atoms with Crippen LogP contribution in [-0.4, -0.2) is 19.1 Å². The van der Waals surface area contributed by atoms with E-state index in [4.69, 9.17) is 0 Å². The number of cyclic esters (lactones) is 1. The van der Waals surface area contributed by atoms with Gasteiger partial charge in [-0.2, -0.15) is 0 Å². The predicted octanol–water partition coefficient (Wildman–Crippen LogP) is 3.55. The maximum Gasteiger partial charge on any atom is 0.573 e. The van der Waals surface area contributed by atoms with Crippen LogP contribution in [-0.2, 0) is 4.74 Å². The highest BCUT2D eigenvalue weighted by Crippen LogP contribution is 2.34. The highest BCUT2D eigenvalue weighted by atomic mass is 79.9. The van der Waals surface area contributed by atoms with E-state index in [2.05, 4.69) is 30.7 Å². The molecule has 2 rings (SSSR count). The van der Waals surface area contributed by atoms with Crippen molar-refractivity contribution in [2.75, 3.05) is 6.61 Å². The summed E-state index contributed by atoms with van der Waals surface area (Å²) in [4.78, 5) is 10.9. The molecule has 1 atom stereocenters. The number of rotatable bonds is 2. The topological polar surface area (TPSA) is 47.6 Å². The number of amides is 1. The van der Waals surface area contributed by atoms with Gasteiger partial charge in [-0.1, -0.05) is 15.9 Å². The fraction of sp³-hybridized carbons (Fsp3) is 0.300. The summed E-state index contributed by atoms with van der Waals surface area (Å²) in [6.45, 7) is -0.0382. The molecule has 0 saturated carbocycles. The third-order valence-electron chi connectivity index (χ3n) is 2.25. The summed E-state index contributed by atoms with van der Waals surface area (Å²) in [5.74, 6) is -0.360. The SMILES string of the molecule is Cl.O=C1N[C@H](c2cc(Br)ccc2OC(F)(F)F)CO1. The minimum absolute atomic E-state index is 0. The van der Waals surface area contributed by atoms with Crippen molar-refractivity contribution < 1.29 is 27.4 Å². The van der Waals surface area contributed by atoms with Gasteiger partial charge in [0.25, 0.3) is 0 Å². The van der Waals surface area contributed by atoms with E-state index >= 15 is 0 Å². The average Bonchev–Trinajstić information content (AvgIpc) is 2.65. The largest absolute Gasteiger partial charge is 0.573 e. The van der Waals surface area contributed by atoms with Gasteiger partial charge in [0, 0.05) is 10.0 Å². The molecule has 0 radical (unpaired) electrons. The molecule has 0 aromatic heterocycles. The Morgan fingerprint density at radius 2 is 2.11 bits per heavy atom. The minimum Gasteiger partial charge on any atom is -0.447 e. The zero-order valence-corrected chi connectivity index (χ0v) is 11.6. The number of benzene rings is 1. The number of alkyl halides is 3. The number of ether oxygens (including phenoxy) is 2. The lowest BCUT2D eigenvalue weighted by Crippen LogP contribution is -2.22. The normalized spacial score (nSPS) is 18.3. The molecule has 1 amide bonds. The number of nitrogens with one attached hydrogen (secondary N) is 1. The van der Waals surface area contributed by atoms with Crippen molar-refractivity contribution in [3.63, 3.8) is 0 Å². The van der Waals surface area contributed by atoms with Crippen molar-refractivity contribution in [2.45, 2.75) is 12.4 Å². The van der Waals surface area contributed by atoms with Crippen LogP contribution in [0, 0.1) is 0 Å². The second-order valence-corrected chi connectivity index (χ2v) is 4.44. The highest BCUT2D eigenvalue weighted by molar-refractivity contribution is 9.10. The van der Waals surface area contributed by atoms with Gasteiger partial charge in [-0.25, -0.2) is 4.79 Å². The van der Waals surface area contributed by atoms with Crippen molar-refractivity contribution in [1.82, 2.24) is 5.32 Å². The first-order valence-corrected chi connectivity index (χ1v) is 5.63. The van der Waals surface area contributed by atoms with Crippen LogP contribution in [0.25, 0.3) is 0 Å². The van der Waals surface area contributed by atoms with Crippen LogP contribution in [0.2, 0.25) is 0 Å². The highest BCUT2D eigenvalue weighted by Gasteiger charge is 2.34. The summed E-state index contributed by atoms with van der Waals surface area (Å²) >= 11 is 3.15. The van der Waals surface area contributed by atoms with E-state index < -0.39 is 18.5 Å². The molecule has 1 heterocycles. The van der Waals surface area contributed by atoms with E-state index in [1.54, 1.807) is 0 Å². The smallest absolute Gasteiger partial charge is 0.447 e. The van der Waals surface area contributed by atoms with E-state index in [1.165, 1.54) is 18.2 Å². The Morgan fingerprint density at radius 3 is 2.63 bits per heavy atom. The maximum absolute atomic E-state index is 12.2. The second-order valence-electron chi connectivity index (χ2n) is 3.53. The fourth-order valence-electron chi connectivity index (χ4n) is 1.56. The number of hydrogen-bond acceptors (Lipinski definition) is 3. The molecule has 1 fully saturated rings. The van der Waals surface area contributed by atoms with Crippen molar-refractivity contribution >= 4 is 34.4 Å². The summed E-state index contributed by atoms with van der Waals surface area (Å²) in [5, 5.41) is 2.39. The molecule has 106 valence electrons. The average molecular weight is 363 g/mol. The van der Waals surface area contributed by atoms with Crippen LogP contribution < -0.4 is 10.1 Å². The minimum atomic E-state index is -4.79. The van der Waals surface area contributed by atoms with Gasteiger partial charge in [0.1, 0.15) is 12.4 Å². The standard InChI is InChI=1S/C10H7BrF3NO3.ClH/c11-5-1-2-8(18-10(12,13)14)6(3-5)7-4-17-9(16)15-7;/h1-3,7H,4H2,(H,15,16);1H/t7-;/m0./s1. The number of alkyl carbamates (subject to hydrolysis) is 1. The van der Waals surface area contributed by atoms with Crippen molar-refractivity contribution in [1.29, 1.82) is 0 Å². The third-order valence-corrected chi connectivity index (χ3v) is 2.74. The van der Waals surface area contributed by atoms with Gasteiger partial charge >= 0.3 is 12.5 Å². The first-order chi connectivity index (χ1) is 8.35. The number of carbonyl (C=O) groups excluding carboxylic acids is 1. The Hall–Kier alpha value is -1.15. The first kappa shape index (κ1) is 15.9. The molecule has 4 nitrogen and oxygen atoms in total. The Kier molecular flexibility index (Phi) is 4.92. The van der Waals surface area contributed by atoms with Crippen LogP contribution in [0.4, 0.5) is 18.0 Å². The van der Waals surface area contributed by atoms with E-state index in [0.717, 1.165) is 0 Å². The molecule has 1 aliphatic rings. The quantitative estimate of drug-likeness (QED) is 0.875. The molecule has 0 aliphatic carbocycles. The van der Waals surface area contributed by atoms with Gasteiger partial charge < -0.3 is 14.8 Å². The summed E-state index contributed by atoms with van der Waals surface area (Å²) in [6.07, 6.45) is -5.45. The van der Waals surface area contributed by atoms with Gasteiger partial charge in [-0.3, -0.25) is 0 Å². The maximum atomic E-state index is 12.2. The van der Waals surface area contributed by atoms with Crippen LogP contribution in [0.3, 0.4) is 0 Å². The molecule has 1 aromatic carbocycles. The van der Waals surface area contributed by atoms with Gasteiger partial charge in [-0.15, -0.1) is 25.6 Å². The van der Waals surface area contributed by atoms with Crippen LogP contribution in [0.15, 0.2) is 22.7 Å². The Balaban J connectivity index is 0.00000180. The Bertz CT molecular complexity index is 484. The van der Waals surface area contributed by atoms with Gasteiger partial charge in [0.05, 0.1) is 6.04 Å². The second kappa shape index (κ2) is 5.87. The number of hydrogen-bond donors (Lipinski definition) is 1. The molecule has 1 aliphatic heterocycles. The Labute approximate surface area is 120 Å². The van der Waals surface area contributed by atoms with Crippen molar-refractivity contribution in [3.8, 4) is 5.75 Å². The van der Waals surface area contributed by atoms with Crippen LogP contribution in [0.5, 0.6) is 5.75 Å². The summed E-state index contributed by atoms with van der Waals surface area (Å²) in [5.41, 5.74) is 0.201. The molecular weight excluding hydrogens is 354 g/mol. The lowest BCUT2D eigenvalue weighted by molar-refractivity contribution is -0.275. The number of carbonyl (C=O) groups is 1. The van der Waals surface area contributed by atoms with Crippen LogP contribution in [0.1, 0.15) is 11.6 Å². The predicted molar refractivity (Wildman–Crippen MR) is 65.3 cm³/mol. The molecule has 0 unspecified atom stereocenters. The lowest BCUT2D eigenvalue weighted by Gasteiger charge is -2.16. The van der Waals surface area contributed by atoms with Gasteiger partial charge in [0.15, 0.2) is 0 Å². The van der Waals surface area contributed by atoms with Crippen molar-refractivity contribution in [3.05, 3.63) is 28.2 Å². The van der Waals surface area contributed by atoms with Gasteiger partial charge in [0.2, 0.25) is 0 Å². The molecule has 1 aromatic rings. The van der Waals surface area contributed by atoms with Gasteiger partial charge in [-0.05, 0) is 18.2 Å². The summed E-state index contributed by atoms with van der Waals surface area (Å²) in [6, 6.07) is 3.38. The molecular formula is C10H8BrClF3NO3. The monoisotopic (exact) mass is 361 g/mol. The van der Waals surface area contributed by atoms with E-state index in [9.17, 15) is 18.0 Å². The Morgan fingerprint density at radius 1 is 1.42 bits per heavy atom. The molecule has 0 bridgehead atoms. The van der Waals surface area contributed by atoms with E-state index in [-0.39, 0.29) is 30.3 Å². The molecule has 19 heavy (non-hydrogen) atoms. The first-order valence-electron chi connectivity index (χ1n) is 4.83. The van der Waals surface area contributed by atoms with Crippen molar-refractivity contribution in [2.24, 2.45) is 0 Å². The zero-order chi connectivity index (χ0) is 13.3. The molecule has 1 N–H and O–H groups in total. The fourth-order valence-corrected chi connectivity index (χ4v) is 1.94. The molecule has 1 saturated heterocycles. The summed E-state index contributed by atoms with van der Waals surface area (Å²) < 4.78 is 45.8. The van der Waals surface area contributed by atoms with Crippen LogP contribution >= 0.6 is 28.3 Å². The molecule has 0 spiro atoms. The summed E-state index contributed by atoms with van der Waals surface area (Å²) in [7, 11) is 0. The lowest BCUT2D eigenvalue weighted by atomic mass is 10.1. The molecule has 9 heteroatoms. The third kappa shape index (κ3) is 4.17. The van der Waals surface area contributed by atoms with E-state index in [0.29, 0.717) is 4.47 Å². The zero-order valence-electron chi connectivity index (χ0n) is 9.16. The number of halogens is 5. The van der Waals surface area contributed by atoms with E-state index in [1.807, 2.05) is 0 Å².